The Morgan fingerprint density at radius 2 is 2.10 bits per heavy atom. The number of hydrogen-bond acceptors (Lipinski definition) is 9. The number of thiophene rings is 1. The number of nitrogens with one attached hydrogen (secondary N) is 1. The van der Waals surface area contributed by atoms with Gasteiger partial charge in [0.25, 0.3) is 5.91 Å². The van der Waals surface area contributed by atoms with E-state index in [1.54, 1.807) is 18.4 Å². The Bertz CT molecular complexity index is 951. The van der Waals surface area contributed by atoms with Gasteiger partial charge in [-0.2, -0.15) is 0 Å². The third kappa shape index (κ3) is 4.80. The van der Waals surface area contributed by atoms with Crippen molar-refractivity contribution in [2.24, 2.45) is 0 Å². The van der Waals surface area contributed by atoms with Crippen molar-refractivity contribution < 1.29 is 28.7 Å². The Balaban J connectivity index is 1.69. The number of rotatable bonds is 5. The zero-order valence-electron chi connectivity index (χ0n) is 15.9. The summed E-state index contributed by atoms with van der Waals surface area (Å²) in [6, 6.07) is 1.56. The van der Waals surface area contributed by atoms with E-state index in [-0.39, 0.29) is 24.4 Å². The van der Waals surface area contributed by atoms with Gasteiger partial charge in [-0.1, -0.05) is 0 Å². The van der Waals surface area contributed by atoms with Crippen LogP contribution >= 0.6 is 22.7 Å². The van der Waals surface area contributed by atoms with Crippen LogP contribution in [0.4, 0.5) is 9.59 Å². The highest BCUT2D eigenvalue weighted by atomic mass is 32.1. The Morgan fingerprint density at radius 1 is 1.31 bits per heavy atom. The summed E-state index contributed by atoms with van der Waals surface area (Å²) in [6.07, 6.45) is -0.645. The standard InChI is InChI=1S/C18H19N3O6S2/c1-3-27-17(24)20-15(23)10-5-7-28-14(10)8-12(22)16-19-11-9-21(18(25)26-2)6-4-13(11)29-16/h5,7H,3-4,6,8-9H2,1-2H3,(H,20,23,24). The van der Waals surface area contributed by atoms with Gasteiger partial charge >= 0.3 is 12.2 Å². The lowest BCUT2D eigenvalue weighted by Crippen LogP contribution is -2.35. The SMILES string of the molecule is CCOC(=O)NC(=O)c1ccsc1CC(=O)c1nc2c(s1)CCN(C(=O)OC)C2. The molecule has 3 heterocycles. The van der Waals surface area contributed by atoms with E-state index in [0.29, 0.717) is 35.1 Å². The molecule has 0 saturated carbocycles. The third-order valence-electron chi connectivity index (χ3n) is 4.20. The number of hydrogen-bond donors (Lipinski definition) is 1. The number of alkyl carbamates (subject to hydrolysis) is 1. The van der Waals surface area contributed by atoms with Crippen LogP contribution in [0.5, 0.6) is 0 Å². The fourth-order valence-electron chi connectivity index (χ4n) is 2.83. The van der Waals surface area contributed by atoms with E-state index in [1.807, 2.05) is 0 Å². The second-order valence-electron chi connectivity index (χ2n) is 6.06. The van der Waals surface area contributed by atoms with Crippen LogP contribution in [0.1, 0.15) is 42.5 Å². The number of carbonyl (C=O) groups excluding carboxylic acids is 4. The van der Waals surface area contributed by atoms with Gasteiger partial charge < -0.3 is 14.4 Å². The van der Waals surface area contributed by atoms with Gasteiger partial charge in [-0.3, -0.25) is 14.9 Å². The second kappa shape index (κ2) is 9.14. The first-order valence-corrected chi connectivity index (χ1v) is 10.5. The molecule has 2 aromatic heterocycles. The van der Waals surface area contributed by atoms with E-state index in [4.69, 9.17) is 9.47 Å². The molecule has 2 aromatic rings. The molecular weight excluding hydrogens is 418 g/mol. The van der Waals surface area contributed by atoms with Crippen molar-refractivity contribution in [1.29, 1.82) is 0 Å². The van der Waals surface area contributed by atoms with E-state index in [0.717, 1.165) is 4.88 Å². The number of methoxy groups -OCH3 is 1. The maximum absolute atomic E-state index is 12.7. The molecular formula is C18H19N3O6S2. The maximum atomic E-state index is 12.7. The number of fused-ring (bicyclic) bond motifs is 1. The summed E-state index contributed by atoms with van der Waals surface area (Å²) in [5.74, 6) is -0.832. The lowest BCUT2D eigenvalue weighted by molar-refractivity contribution is 0.0924. The molecule has 9 nitrogen and oxygen atoms in total. The number of imide groups is 1. The number of ether oxygens (including phenoxy) is 2. The zero-order valence-corrected chi connectivity index (χ0v) is 17.5. The van der Waals surface area contributed by atoms with Gasteiger partial charge in [0.05, 0.1) is 31.5 Å². The molecule has 0 unspecified atom stereocenters. The third-order valence-corrected chi connectivity index (χ3v) is 6.32. The fourth-order valence-corrected chi connectivity index (χ4v) is 4.70. The Hall–Kier alpha value is -2.79. The van der Waals surface area contributed by atoms with Gasteiger partial charge in [-0.05, 0) is 18.4 Å². The largest absolute Gasteiger partial charge is 0.453 e. The molecule has 0 aromatic carbocycles. The number of carbonyl (C=O) groups is 4. The van der Waals surface area contributed by atoms with Crippen molar-refractivity contribution in [3.05, 3.63) is 37.5 Å². The lowest BCUT2D eigenvalue weighted by atomic mass is 10.1. The first-order chi connectivity index (χ1) is 13.9. The highest BCUT2D eigenvalue weighted by molar-refractivity contribution is 7.14. The summed E-state index contributed by atoms with van der Waals surface area (Å²) in [6.45, 7) is 2.60. The van der Waals surface area contributed by atoms with Gasteiger partial charge in [0.2, 0.25) is 0 Å². The molecule has 29 heavy (non-hydrogen) atoms. The maximum Gasteiger partial charge on any atom is 0.414 e. The van der Waals surface area contributed by atoms with Crippen molar-refractivity contribution in [3.8, 4) is 0 Å². The van der Waals surface area contributed by atoms with Crippen molar-refractivity contribution in [2.45, 2.75) is 26.3 Å². The minimum absolute atomic E-state index is 0.00362. The van der Waals surface area contributed by atoms with Crippen LogP contribution in [0.3, 0.4) is 0 Å². The number of amides is 3. The Kier molecular flexibility index (Phi) is 6.60. The van der Waals surface area contributed by atoms with Crippen molar-refractivity contribution in [1.82, 2.24) is 15.2 Å². The molecule has 11 heteroatoms. The molecule has 1 aliphatic heterocycles. The lowest BCUT2D eigenvalue weighted by Gasteiger charge is -2.24. The molecule has 1 aliphatic rings. The monoisotopic (exact) mass is 437 g/mol. The minimum Gasteiger partial charge on any atom is -0.453 e. The van der Waals surface area contributed by atoms with Gasteiger partial charge in [0, 0.05) is 29.1 Å². The van der Waals surface area contributed by atoms with Crippen LogP contribution in [0.25, 0.3) is 0 Å². The molecule has 0 atom stereocenters. The highest BCUT2D eigenvalue weighted by Gasteiger charge is 2.27. The predicted molar refractivity (Wildman–Crippen MR) is 105 cm³/mol. The second-order valence-corrected chi connectivity index (χ2v) is 8.15. The topological polar surface area (TPSA) is 115 Å². The molecule has 0 spiro atoms. The van der Waals surface area contributed by atoms with Crippen LogP contribution in [-0.4, -0.2) is 54.0 Å². The molecule has 0 bridgehead atoms. The van der Waals surface area contributed by atoms with Gasteiger partial charge in [-0.25, -0.2) is 14.6 Å². The van der Waals surface area contributed by atoms with E-state index < -0.39 is 18.1 Å². The normalized spacial score (nSPS) is 12.8. The predicted octanol–water partition coefficient (Wildman–Crippen LogP) is 2.64. The van der Waals surface area contributed by atoms with Gasteiger partial charge in [0.1, 0.15) is 0 Å². The summed E-state index contributed by atoms with van der Waals surface area (Å²) in [7, 11) is 1.32. The fraction of sp³-hybridized carbons (Fsp3) is 0.389. The van der Waals surface area contributed by atoms with Gasteiger partial charge in [0.15, 0.2) is 10.8 Å². The summed E-state index contributed by atoms with van der Waals surface area (Å²) in [5, 5.41) is 4.15. The minimum atomic E-state index is -0.830. The van der Waals surface area contributed by atoms with Crippen LogP contribution < -0.4 is 5.32 Å². The molecule has 0 radical (unpaired) electrons. The number of thiazole rings is 1. The molecule has 3 rings (SSSR count). The number of ketones is 1. The summed E-state index contributed by atoms with van der Waals surface area (Å²) in [5.41, 5.74) is 0.955. The van der Waals surface area contributed by atoms with Crippen molar-refractivity contribution >= 4 is 46.6 Å². The first kappa shape index (κ1) is 20.9. The Morgan fingerprint density at radius 3 is 2.83 bits per heavy atom. The van der Waals surface area contributed by atoms with E-state index >= 15 is 0 Å². The number of Topliss-reactive ketones (excluding diaryl/α,β-unsaturated/α-hetero) is 1. The van der Waals surface area contributed by atoms with Crippen LogP contribution in [0.15, 0.2) is 11.4 Å². The summed E-state index contributed by atoms with van der Waals surface area (Å²) >= 11 is 2.57. The molecule has 1 N–H and O–H groups in total. The van der Waals surface area contributed by atoms with Crippen molar-refractivity contribution in [3.63, 3.8) is 0 Å². The van der Waals surface area contributed by atoms with E-state index in [9.17, 15) is 19.2 Å². The van der Waals surface area contributed by atoms with Crippen LogP contribution in [0, 0.1) is 0 Å². The zero-order chi connectivity index (χ0) is 21.0. The average Bonchev–Trinajstić information content (AvgIpc) is 3.33. The number of aromatic nitrogens is 1. The Labute approximate surface area is 174 Å². The average molecular weight is 437 g/mol. The van der Waals surface area contributed by atoms with E-state index in [2.05, 4.69) is 10.3 Å². The quantitative estimate of drug-likeness (QED) is 0.715. The van der Waals surface area contributed by atoms with Crippen molar-refractivity contribution in [2.75, 3.05) is 20.3 Å². The molecule has 154 valence electrons. The van der Waals surface area contributed by atoms with Gasteiger partial charge in [-0.15, -0.1) is 22.7 Å². The molecule has 0 fully saturated rings. The summed E-state index contributed by atoms with van der Waals surface area (Å²) in [4.78, 5) is 55.6. The first-order valence-electron chi connectivity index (χ1n) is 8.82. The molecule has 3 amide bonds. The van der Waals surface area contributed by atoms with Crippen LogP contribution in [-0.2, 0) is 28.9 Å². The smallest absolute Gasteiger partial charge is 0.414 e. The van der Waals surface area contributed by atoms with Crippen LogP contribution in [0.2, 0.25) is 0 Å². The van der Waals surface area contributed by atoms with E-state index in [1.165, 1.54) is 34.7 Å². The highest BCUT2D eigenvalue weighted by Crippen LogP contribution is 2.27. The molecule has 0 saturated heterocycles. The molecule has 0 aliphatic carbocycles. The summed E-state index contributed by atoms with van der Waals surface area (Å²) < 4.78 is 9.44. The number of nitrogens with zero attached hydrogens (tertiary/aromatic N) is 2.